The second-order valence-corrected chi connectivity index (χ2v) is 5.38. The van der Waals surface area contributed by atoms with Crippen LogP contribution < -0.4 is 9.54 Å². The Labute approximate surface area is 131 Å². The molecule has 0 unspecified atom stereocenters. The Balaban J connectivity index is 1.99. The van der Waals surface area contributed by atoms with Crippen molar-refractivity contribution in [3.05, 3.63) is 64.3 Å². The molecule has 3 aromatic rings. The van der Waals surface area contributed by atoms with Crippen LogP contribution in [0.2, 0.25) is 0 Å². The van der Waals surface area contributed by atoms with Gasteiger partial charge < -0.3 is 9.15 Å². The highest BCUT2D eigenvalue weighted by Gasteiger charge is 2.01. The first-order valence-electron chi connectivity index (χ1n) is 6.70. The van der Waals surface area contributed by atoms with E-state index < -0.39 is 0 Å². The van der Waals surface area contributed by atoms with Crippen LogP contribution in [-0.2, 0) is 0 Å². The minimum absolute atomic E-state index is 0.699. The lowest BCUT2D eigenvalue weighted by molar-refractivity contribution is 0.415. The number of benzene rings is 1. The number of furan rings is 1. The standard InChI is InChI=1S/C16H15N3O2S/c1-12-11-22-16(18-13-5-3-6-14(9-13)20-2)19(12)17-10-15-7-4-8-21-15/h3-11H,1-2H3. The van der Waals surface area contributed by atoms with Gasteiger partial charge >= 0.3 is 0 Å². The summed E-state index contributed by atoms with van der Waals surface area (Å²) in [5.74, 6) is 1.48. The van der Waals surface area contributed by atoms with Crippen molar-refractivity contribution in [2.45, 2.75) is 6.92 Å². The van der Waals surface area contributed by atoms with Crippen molar-refractivity contribution >= 4 is 23.2 Å². The highest BCUT2D eigenvalue weighted by molar-refractivity contribution is 7.07. The molecule has 0 N–H and O–H groups in total. The summed E-state index contributed by atoms with van der Waals surface area (Å²) in [6, 6.07) is 11.3. The quantitative estimate of drug-likeness (QED) is 0.691. The number of ether oxygens (including phenoxy) is 1. The van der Waals surface area contributed by atoms with Crippen molar-refractivity contribution in [3.63, 3.8) is 0 Å². The Morgan fingerprint density at radius 2 is 2.18 bits per heavy atom. The zero-order valence-corrected chi connectivity index (χ0v) is 13.1. The number of hydrogen-bond acceptors (Lipinski definition) is 5. The fraction of sp³-hybridized carbons (Fsp3) is 0.125. The van der Waals surface area contributed by atoms with E-state index >= 15 is 0 Å². The number of rotatable bonds is 4. The molecule has 0 saturated heterocycles. The molecule has 0 spiro atoms. The second kappa shape index (κ2) is 6.44. The average molecular weight is 313 g/mol. The smallest absolute Gasteiger partial charge is 0.211 e. The predicted molar refractivity (Wildman–Crippen MR) is 87.0 cm³/mol. The van der Waals surface area contributed by atoms with E-state index in [4.69, 9.17) is 9.15 Å². The Morgan fingerprint density at radius 1 is 1.27 bits per heavy atom. The van der Waals surface area contributed by atoms with Gasteiger partial charge in [0.25, 0.3) is 0 Å². The van der Waals surface area contributed by atoms with Gasteiger partial charge in [0, 0.05) is 11.4 Å². The minimum Gasteiger partial charge on any atom is -0.497 e. The first kappa shape index (κ1) is 14.3. The molecule has 0 radical (unpaired) electrons. The van der Waals surface area contributed by atoms with Gasteiger partial charge in [-0.3, -0.25) is 0 Å². The molecule has 0 bridgehead atoms. The maximum atomic E-state index is 5.25. The molecule has 2 heterocycles. The van der Waals surface area contributed by atoms with E-state index in [1.807, 2.05) is 48.7 Å². The van der Waals surface area contributed by atoms with Gasteiger partial charge in [0.15, 0.2) is 0 Å². The van der Waals surface area contributed by atoms with Crippen LogP contribution in [0.3, 0.4) is 0 Å². The number of aromatic nitrogens is 1. The number of hydrogen-bond donors (Lipinski definition) is 0. The average Bonchev–Trinajstić information content (AvgIpc) is 3.16. The van der Waals surface area contributed by atoms with Gasteiger partial charge in [-0.2, -0.15) is 5.10 Å². The molecular weight excluding hydrogens is 298 g/mol. The molecule has 22 heavy (non-hydrogen) atoms. The molecule has 0 saturated carbocycles. The third-order valence-corrected chi connectivity index (χ3v) is 3.91. The first-order chi connectivity index (χ1) is 10.8. The van der Waals surface area contributed by atoms with Crippen LogP contribution >= 0.6 is 11.3 Å². The van der Waals surface area contributed by atoms with E-state index in [-0.39, 0.29) is 0 Å². The van der Waals surface area contributed by atoms with Crippen LogP contribution in [0.15, 0.2) is 62.6 Å². The number of thiazole rings is 1. The highest BCUT2D eigenvalue weighted by atomic mass is 32.1. The van der Waals surface area contributed by atoms with Crippen molar-refractivity contribution in [1.29, 1.82) is 0 Å². The third-order valence-electron chi connectivity index (χ3n) is 2.97. The van der Waals surface area contributed by atoms with Gasteiger partial charge in [-0.15, -0.1) is 11.3 Å². The zero-order chi connectivity index (χ0) is 15.4. The van der Waals surface area contributed by atoms with E-state index in [9.17, 15) is 0 Å². The van der Waals surface area contributed by atoms with E-state index in [1.165, 1.54) is 11.3 Å². The third kappa shape index (κ3) is 3.17. The van der Waals surface area contributed by atoms with E-state index in [0.29, 0.717) is 5.76 Å². The summed E-state index contributed by atoms with van der Waals surface area (Å²) in [7, 11) is 1.64. The van der Waals surface area contributed by atoms with Crippen LogP contribution in [0.5, 0.6) is 5.75 Å². The molecule has 5 nitrogen and oxygen atoms in total. The molecule has 112 valence electrons. The van der Waals surface area contributed by atoms with Gasteiger partial charge in [0.05, 0.1) is 31.0 Å². The summed E-state index contributed by atoms with van der Waals surface area (Å²) in [5.41, 5.74) is 1.83. The summed E-state index contributed by atoms with van der Waals surface area (Å²) in [4.78, 5) is 5.41. The lowest BCUT2D eigenvalue weighted by atomic mass is 10.3. The van der Waals surface area contributed by atoms with Gasteiger partial charge in [-0.1, -0.05) is 6.07 Å². The molecule has 0 aliphatic carbocycles. The Bertz CT molecular complexity index is 844. The summed E-state index contributed by atoms with van der Waals surface area (Å²) >= 11 is 1.53. The van der Waals surface area contributed by atoms with Gasteiger partial charge in [-0.25, -0.2) is 9.67 Å². The molecule has 0 aliphatic rings. The van der Waals surface area contributed by atoms with E-state index in [0.717, 1.165) is 21.9 Å². The first-order valence-corrected chi connectivity index (χ1v) is 7.58. The maximum absolute atomic E-state index is 5.25. The normalized spacial score (nSPS) is 12.2. The van der Waals surface area contributed by atoms with Crippen LogP contribution in [0, 0.1) is 6.92 Å². The van der Waals surface area contributed by atoms with Gasteiger partial charge in [0.1, 0.15) is 11.5 Å². The SMILES string of the molecule is COc1cccc(N=c2scc(C)n2N=Cc2ccco2)c1. The van der Waals surface area contributed by atoms with E-state index in [2.05, 4.69) is 10.1 Å². The Hall–Kier alpha value is -2.60. The van der Waals surface area contributed by atoms with Crippen molar-refractivity contribution in [3.8, 4) is 5.75 Å². The largest absolute Gasteiger partial charge is 0.497 e. The number of aryl methyl sites for hydroxylation is 1. The fourth-order valence-corrected chi connectivity index (χ4v) is 2.70. The van der Waals surface area contributed by atoms with Gasteiger partial charge in [0.2, 0.25) is 4.80 Å². The molecule has 0 aliphatic heterocycles. The van der Waals surface area contributed by atoms with E-state index in [1.54, 1.807) is 24.3 Å². The van der Waals surface area contributed by atoms with Crippen LogP contribution in [-0.4, -0.2) is 18.0 Å². The molecule has 3 rings (SSSR count). The minimum atomic E-state index is 0.699. The van der Waals surface area contributed by atoms with Crippen molar-refractivity contribution in [2.24, 2.45) is 10.1 Å². The fourth-order valence-electron chi connectivity index (χ4n) is 1.87. The van der Waals surface area contributed by atoms with Crippen LogP contribution in [0.1, 0.15) is 11.5 Å². The molecule has 0 amide bonds. The van der Waals surface area contributed by atoms with Crippen LogP contribution in [0.25, 0.3) is 0 Å². The predicted octanol–water partition coefficient (Wildman–Crippen LogP) is 3.57. The summed E-state index contributed by atoms with van der Waals surface area (Å²) < 4.78 is 12.3. The summed E-state index contributed by atoms with van der Waals surface area (Å²) in [5, 5.41) is 6.44. The maximum Gasteiger partial charge on any atom is 0.211 e. The van der Waals surface area contributed by atoms with Crippen molar-refractivity contribution in [2.75, 3.05) is 7.11 Å². The number of nitrogens with zero attached hydrogens (tertiary/aromatic N) is 3. The summed E-state index contributed by atoms with van der Waals surface area (Å²) in [6.07, 6.45) is 3.29. The van der Waals surface area contributed by atoms with Crippen LogP contribution in [0.4, 0.5) is 5.69 Å². The number of methoxy groups -OCH3 is 1. The molecule has 1 aromatic carbocycles. The molecular formula is C16H15N3O2S. The molecule has 0 fully saturated rings. The lowest BCUT2D eigenvalue weighted by Gasteiger charge is -2.00. The highest BCUT2D eigenvalue weighted by Crippen LogP contribution is 2.19. The Morgan fingerprint density at radius 3 is 2.95 bits per heavy atom. The Kier molecular flexibility index (Phi) is 4.20. The van der Waals surface area contributed by atoms with Gasteiger partial charge in [-0.05, 0) is 31.2 Å². The zero-order valence-electron chi connectivity index (χ0n) is 12.3. The monoisotopic (exact) mass is 313 g/mol. The van der Waals surface area contributed by atoms with Crippen molar-refractivity contribution in [1.82, 2.24) is 4.68 Å². The molecule has 0 atom stereocenters. The summed E-state index contributed by atoms with van der Waals surface area (Å²) in [6.45, 7) is 1.99. The molecule has 2 aromatic heterocycles. The molecule has 6 heteroatoms. The van der Waals surface area contributed by atoms with Crippen molar-refractivity contribution < 1.29 is 9.15 Å². The topological polar surface area (TPSA) is 52.0 Å². The lowest BCUT2D eigenvalue weighted by Crippen LogP contribution is -2.11. The second-order valence-electron chi connectivity index (χ2n) is 4.54.